The van der Waals surface area contributed by atoms with Gasteiger partial charge in [-0.1, -0.05) is 23.7 Å². The Morgan fingerprint density at radius 2 is 1.95 bits per heavy atom. The fraction of sp³-hybridized carbons (Fsp3) is 0. The Balaban J connectivity index is 2.21. The van der Waals surface area contributed by atoms with Crippen molar-refractivity contribution in [2.24, 2.45) is 0 Å². The molecule has 0 amide bonds. The maximum absolute atomic E-state index is 13.9. The Kier molecular flexibility index (Phi) is 3.08. The van der Waals surface area contributed by atoms with Gasteiger partial charge in [0.1, 0.15) is 11.5 Å². The normalized spacial score (nSPS) is 10.7. The number of rotatable bonds is 2. The third-order valence-corrected chi connectivity index (χ3v) is 3.04. The molecule has 0 radical (unpaired) electrons. The van der Waals surface area contributed by atoms with Crippen molar-refractivity contribution in [3.63, 3.8) is 0 Å². The van der Waals surface area contributed by atoms with Crippen molar-refractivity contribution in [3.05, 3.63) is 53.3 Å². The van der Waals surface area contributed by atoms with E-state index in [4.69, 9.17) is 17.3 Å². The molecule has 2 N–H and O–H groups in total. The summed E-state index contributed by atoms with van der Waals surface area (Å²) < 4.78 is 15.2. The van der Waals surface area contributed by atoms with Gasteiger partial charge in [-0.25, -0.2) is 4.39 Å². The number of benzene rings is 2. The summed E-state index contributed by atoms with van der Waals surface area (Å²) in [6.45, 7) is 0. The maximum Gasteiger partial charge on any atom is 0.189 e. The summed E-state index contributed by atoms with van der Waals surface area (Å²) in [7, 11) is 0. The van der Waals surface area contributed by atoms with Crippen LogP contribution in [-0.4, -0.2) is 20.2 Å². The van der Waals surface area contributed by atoms with Crippen LogP contribution in [0.5, 0.6) is 0 Å². The summed E-state index contributed by atoms with van der Waals surface area (Å²) in [5, 5.41) is 11.7. The molecule has 0 bridgehead atoms. The van der Waals surface area contributed by atoms with Crippen LogP contribution in [0.1, 0.15) is 0 Å². The van der Waals surface area contributed by atoms with E-state index in [0.29, 0.717) is 22.1 Å². The van der Waals surface area contributed by atoms with E-state index in [1.807, 2.05) is 0 Å². The molecule has 0 unspecified atom stereocenters. The summed E-state index contributed by atoms with van der Waals surface area (Å²) in [5.74, 6) is -0.123. The zero-order valence-corrected chi connectivity index (χ0v) is 10.9. The predicted octanol–water partition coefficient (Wildman–Crippen LogP) is 2.70. The summed E-state index contributed by atoms with van der Waals surface area (Å²) in [6, 6.07) is 11.3. The van der Waals surface area contributed by atoms with E-state index >= 15 is 0 Å². The number of tetrazole rings is 1. The van der Waals surface area contributed by atoms with Crippen LogP contribution in [0.4, 0.5) is 10.1 Å². The van der Waals surface area contributed by atoms with Gasteiger partial charge in [0, 0.05) is 16.3 Å². The van der Waals surface area contributed by atoms with E-state index in [0.717, 1.165) is 0 Å². The van der Waals surface area contributed by atoms with Crippen LogP contribution in [0.2, 0.25) is 5.02 Å². The Hall–Kier alpha value is -2.47. The molecule has 0 aliphatic rings. The van der Waals surface area contributed by atoms with E-state index < -0.39 is 5.82 Å². The van der Waals surface area contributed by atoms with Gasteiger partial charge in [-0.2, -0.15) is 4.68 Å². The van der Waals surface area contributed by atoms with Crippen LogP contribution in [0, 0.1) is 5.82 Å². The van der Waals surface area contributed by atoms with E-state index in [-0.39, 0.29) is 5.69 Å². The fourth-order valence-electron chi connectivity index (χ4n) is 1.87. The molecule has 3 aromatic rings. The van der Waals surface area contributed by atoms with Crippen molar-refractivity contribution in [2.75, 3.05) is 5.73 Å². The van der Waals surface area contributed by atoms with Crippen LogP contribution in [0.25, 0.3) is 17.1 Å². The van der Waals surface area contributed by atoms with Crippen LogP contribution in [0.3, 0.4) is 0 Å². The first kappa shape index (κ1) is 12.6. The summed E-state index contributed by atoms with van der Waals surface area (Å²) >= 11 is 5.89. The molecule has 7 heteroatoms. The molecule has 0 saturated carbocycles. The monoisotopic (exact) mass is 289 g/mol. The van der Waals surface area contributed by atoms with Crippen molar-refractivity contribution < 1.29 is 4.39 Å². The second kappa shape index (κ2) is 4.90. The summed E-state index contributed by atoms with van der Waals surface area (Å²) in [6.07, 6.45) is 0. The number of para-hydroxylation sites is 1. The van der Waals surface area contributed by atoms with Gasteiger partial charge in [-0.3, -0.25) is 0 Å². The number of nitrogens with zero attached hydrogens (tertiary/aromatic N) is 4. The highest BCUT2D eigenvalue weighted by Gasteiger charge is 2.16. The van der Waals surface area contributed by atoms with Gasteiger partial charge in [-0.15, -0.1) is 5.10 Å². The Bertz CT molecular complexity index is 771. The first-order valence-electron chi connectivity index (χ1n) is 5.75. The summed E-state index contributed by atoms with van der Waals surface area (Å²) in [4.78, 5) is 0. The molecule has 0 aliphatic heterocycles. The molecule has 20 heavy (non-hydrogen) atoms. The lowest BCUT2D eigenvalue weighted by atomic mass is 10.1. The van der Waals surface area contributed by atoms with Gasteiger partial charge in [0.25, 0.3) is 0 Å². The zero-order chi connectivity index (χ0) is 14.1. The highest BCUT2D eigenvalue weighted by Crippen LogP contribution is 2.26. The van der Waals surface area contributed by atoms with E-state index in [9.17, 15) is 4.39 Å². The molecule has 2 aromatic carbocycles. The largest absolute Gasteiger partial charge is 0.398 e. The van der Waals surface area contributed by atoms with Crippen LogP contribution < -0.4 is 5.73 Å². The predicted molar refractivity (Wildman–Crippen MR) is 74.0 cm³/mol. The SMILES string of the molecule is Nc1ccccc1-c1nnnn1-c1cc(Cl)ccc1F. The quantitative estimate of drug-likeness (QED) is 0.736. The van der Waals surface area contributed by atoms with Crippen LogP contribution >= 0.6 is 11.6 Å². The van der Waals surface area contributed by atoms with E-state index in [2.05, 4.69) is 15.5 Å². The molecule has 5 nitrogen and oxygen atoms in total. The molecule has 0 fully saturated rings. The van der Waals surface area contributed by atoms with Crippen LogP contribution in [0.15, 0.2) is 42.5 Å². The third kappa shape index (κ3) is 2.10. The molecular formula is C13H9ClFN5. The first-order valence-corrected chi connectivity index (χ1v) is 6.13. The van der Waals surface area contributed by atoms with Crippen molar-refractivity contribution in [2.45, 2.75) is 0 Å². The summed E-state index contributed by atoms with van der Waals surface area (Å²) in [5.41, 5.74) is 7.19. The lowest BCUT2D eigenvalue weighted by Gasteiger charge is -2.07. The number of hydrogen-bond donors (Lipinski definition) is 1. The number of aromatic nitrogens is 4. The average molecular weight is 290 g/mol. The Labute approximate surface area is 118 Å². The topological polar surface area (TPSA) is 69.6 Å². The van der Waals surface area contributed by atoms with Gasteiger partial charge in [-0.05, 0) is 40.8 Å². The third-order valence-electron chi connectivity index (χ3n) is 2.81. The first-order chi connectivity index (χ1) is 9.66. The molecule has 0 atom stereocenters. The van der Waals surface area contributed by atoms with E-state index in [1.54, 1.807) is 24.3 Å². The highest BCUT2D eigenvalue weighted by molar-refractivity contribution is 6.30. The number of anilines is 1. The Morgan fingerprint density at radius 1 is 1.15 bits per heavy atom. The van der Waals surface area contributed by atoms with Crippen LogP contribution in [-0.2, 0) is 0 Å². The van der Waals surface area contributed by atoms with Gasteiger partial charge >= 0.3 is 0 Å². The molecule has 0 spiro atoms. The van der Waals surface area contributed by atoms with Gasteiger partial charge in [0.05, 0.1) is 0 Å². The molecule has 1 aromatic heterocycles. The minimum Gasteiger partial charge on any atom is -0.398 e. The van der Waals surface area contributed by atoms with Crippen molar-refractivity contribution in [1.29, 1.82) is 0 Å². The van der Waals surface area contributed by atoms with E-state index in [1.165, 1.54) is 22.9 Å². The van der Waals surface area contributed by atoms with Crippen molar-refractivity contribution in [1.82, 2.24) is 20.2 Å². The number of nitrogen functional groups attached to an aromatic ring is 1. The second-order valence-electron chi connectivity index (χ2n) is 4.10. The fourth-order valence-corrected chi connectivity index (χ4v) is 2.03. The van der Waals surface area contributed by atoms with Gasteiger partial charge in [0.15, 0.2) is 5.82 Å². The molecule has 0 saturated heterocycles. The van der Waals surface area contributed by atoms with Crippen molar-refractivity contribution in [3.8, 4) is 17.1 Å². The molecule has 3 rings (SSSR count). The maximum atomic E-state index is 13.9. The average Bonchev–Trinajstić information content (AvgIpc) is 2.91. The standard InChI is InChI=1S/C13H9ClFN5/c14-8-5-6-10(15)12(7-8)20-13(17-18-19-20)9-3-1-2-4-11(9)16/h1-7H,16H2. The molecule has 0 aliphatic carbocycles. The highest BCUT2D eigenvalue weighted by atomic mass is 35.5. The molecule has 100 valence electrons. The Morgan fingerprint density at radius 3 is 2.75 bits per heavy atom. The molecule has 1 heterocycles. The number of hydrogen-bond acceptors (Lipinski definition) is 4. The second-order valence-corrected chi connectivity index (χ2v) is 4.53. The smallest absolute Gasteiger partial charge is 0.189 e. The minimum atomic E-state index is -0.475. The number of nitrogens with two attached hydrogens (primary N) is 1. The molecular weight excluding hydrogens is 281 g/mol. The van der Waals surface area contributed by atoms with Gasteiger partial charge < -0.3 is 5.73 Å². The number of halogens is 2. The lowest BCUT2D eigenvalue weighted by Crippen LogP contribution is -2.04. The zero-order valence-electron chi connectivity index (χ0n) is 10.2. The minimum absolute atomic E-state index is 0.167. The van der Waals surface area contributed by atoms with Crippen molar-refractivity contribution >= 4 is 17.3 Å². The lowest BCUT2D eigenvalue weighted by molar-refractivity contribution is 0.608. The van der Waals surface area contributed by atoms with Gasteiger partial charge in [0.2, 0.25) is 0 Å².